The first kappa shape index (κ1) is 17.4. The first-order chi connectivity index (χ1) is 12.9. The SMILES string of the molecule is Cc1ccc2nc(COC(=O)c3sc4cccc(F)c4c3C)cc(=O)n2c1. The Kier molecular flexibility index (Phi) is 4.24. The number of rotatable bonds is 3. The maximum atomic E-state index is 14.0. The summed E-state index contributed by atoms with van der Waals surface area (Å²) in [5, 5.41) is 0.437. The van der Waals surface area contributed by atoms with Gasteiger partial charge in [-0.15, -0.1) is 11.3 Å². The molecule has 5 nitrogen and oxygen atoms in total. The van der Waals surface area contributed by atoms with Gasteiger partial charge in [0, 0.05) is 22.3 Å². The van der Waals surface area contributed by atoms with E-state index >= 15 is 0 Å². The molecule has 4 aromatic rings. The predicted octanol–water partition coefficient (Wildman–Crippen LogP) is 4.02. The van der Waals surface area contributed by atoms with Crippen molar-refractivity contribution >= 4 is 33.0 Å². The van der Waals surface area contributed by atoms with Gasteiger partial charge in [0.15, 0.2) is 0 Å². The zero-order valence-corrected chi connectivity index (χ0v) is 15.5. The summed E-state index contributed by atoms with van der Waals surface area (Å²) in [5.41, 5.74) is 2.11. The van der Waals surface area contributed by atoms with Gasteiger partial charge < -0.3 is 4.74 Å². The molecule has 0 bridgehead atoms. The Morgan fingerprint density at radius 3 is 2.85 bits per heavy atom. The number of fused-ring (bicyclic) bond motifs is 2. The van der Waals surface area contributed by atoms with Crippen LogP contribution in [0.3, 0.4) is 0 Å². The fourth-order valence-corrected chi connectivity index (χ4v) is 4.10. The number of carbonyl (C=O) groups excluding carboxylic acids is 1. The number of aromatic nitrogens is 2. The van der Waals surface area contributed by atoms with Crippen molar-refractivity contribution in [3.63, 3.8) is 0 Å². The summed E-state index contributed by atoms with van der Waals surface area (Å²) in [6, 6.07) is 9.67. The molecule has 0 saturated heterocycles. The molecule has 7 heteroatoms. The Labute approximate surface area is 157 Å². The van der Waals surface area contributed by atoms with Crippen molar-refractivity contribution in [3.8, 4) is 0 Å². The maximum Gasteiger partial charge on any atom is 0.349 e. The largest absolute Gasteiger partial charge is 0.455 e. The van der Waals surface area contributed by atoms with Gasteiger partial charge in [-0.2, -0.15) is 0 Å². The molecule has 0 aliphatic carbocycles. The highest BCUT2D eigenvalue weighted by Crippen LogP contribution is 2.33. The molecule has 3 aromatic heterocycles. The smallest absolute Gasteiger partial charge is 0.349 e. The van der Waals surface area contributed by atoms with Crippen LogP contribution >= 0.6 is 11.3 Å². The number of aryl methyl sites for hydroxylation is 2. The van der Waals surface area contributed by atoms with Crippen molar-refractivity contribution in [2.45, 2.75) is 20.5 Å². The number of ether oxygens (including phenoxy) is 1. The maximum absolute atomic E-state index is 14.0. The number of hydrogen-bond acceptors (Lipinski definition) is 5. The van der Waals surface area contributed by atoms with Crippen LogP contribution in [0.2, 0.25) is 0 Å². The van der Waals surface area contributed by atoms with Crippen LogP contribution in [0.4, 0.5) is 4.39 Å². The van der Waals surface area contributed by atoms with Crippen LogP contribution in [0.15, 0.2) is 47.4 Å². The lowest BCUT2D eigenvalue weighted by Gasteiger charge is -2.06. The van der Waals surface area contributed by atoms with Gasteiger partial charge in [0.05, 0.1) is 5.69 Å². The van der Waals surface area contributed by atoms with E-state index in [9.17, 15) is 14.0 Å². The molecule has 1 aromatic carbocycles. The normalized spacial score (nSPS) is 11.2. The van der Waals surface area contributed by atoms with Crippen LogP contribution in [0.5, 0.6) is 0 Å². The summed E-state index contributed by atoms with van der Waals surface area (Å²) in [5.74, 6) is -0.918. The van der Waals surface area contributed by atoms with Crippen LogP contribution < -0.4 is 5.56 Å². The lowest BCUT2D eigenvalue weighted by Crippen LogP contribution is -2.16. The standard InChI is InChI=1S/C20H15FN2O3S/c1-11-6-7-16-22-13(8-17(24)23(16)9-11)10-26-20(25)19-12(2)18-14(21)4-3-5-15(18)27-19/h3-9H,10H2,1-2H3. The third-order valence-corrected chi connectivity index (χ3v) is 5.54. The lowest BCUT2D eigenvalue weighted by molar-refractivity contribution is 0.0473. The molecule has 0 unspecified atom stereocenters. The van der Waals surface area contributed by atoms with Gasteiger partial charge in [-0.05, 0) is 43.2 Å². The summed E-state index contributed by atoms with van der Waals surface area (Å²) in [6.45, 7) is 3.45. The molecule has 0 aliphatic rings. The fourth-order valence-electron chi connectivity index (χ4n) is 2.99. The zero-order valence-electron chi connectivity index (χ0n) is 14.7. The van der Waals surface area contributed by atoms with Crippen molar-refractivity contribution < 1.29 is 13.9 Å². The number of thiophene rings is 1. The minimum atomic E-state index is -0.556. The lowest BCUT2D eigenvalue weighted by atomic mass is 10.1. The highest BCUT2D eigenvalue weighted by Gasteiger charge is 2.19. The van der Waals surface area contributed by atoms with E-state index in [2.05, 4.69) is 4.98 Å². The van der Waals surface area contributed by atoms with E-state index in [-0.39, 0.29) is 18.0 Å². The van der Waals surface area contributed by atoms with E-state index in [4.69, 9.17) is 4.74 Å². The van der Waals surface area contributed by atoms with E-state index in [1.807, 2.05) is 13.0 Å². The number of pyridine rings is 1. The Morgan fingerprint density at radius 1 is 1.26 bits per heavy atom. The first-order valence-corrected chi connectivity index (χ1v) is 9.09. The number of nitrogens with zero attached hydrogens (tertiary/aromatic N) is 2. The molecule has 3 heterocycles. The molecular formula is C20H15FN2O3S. The monoisotopic (exact) mass is 382 g/mol. The van der Waals surface area contributed by atoms with E-state index in [1.54, 1.807) is 31.3 Å². The van der Waals surface area contributed by atoms with Crippen molar-refractivity contribution in [1.29, 1.82) is 0 Å². The molecule has 0 N–H and O–H groups in total. The number of esters is 1. The highest BCUT2D eigenvalue weighted by molar-refractivity contribution is 7.21. The average Bonchev–Trinajstić information content (AvgIpc) is 2.98. The van der Waals surface area contributed by atoms with Gasteiger partial charge in [0.2, 0.25) is 0 Å². The summed E-state index contributed by atoms with van der Waals surface area (Å²) in [4.78, 5) is 29.4. The minimum Gasteiger partial charge on any atom is -0.455 e. The van der Waals surface area contributed by atoms with Crippen molar-refractivity contribution in [3.05, 3.63) is 80.5 Å². The van der Waals surface area contributed by atoms with Crippen LogP contribution in [0.1, 0.15) is 26.5 Å². The number of benzene rings is 1. The van der Waals surface area contributed by atoms with E-state index in [0.29, 0.717) is 31.9 Å². The van der Waals surface area contributed by atoms with Gasteiger partial charge >= 0.3 is 5.97 Å². The molecule has 0 radical (unpaired) electrons. The highest BCUT2D eigenvalue weighted by atomic mass is 32.1. The van der Waals surface area contributed by atoms with Crippen molar-refractivity contribution in [2.24, 2.45) is 0 Å². The Balaban J connectivity index is 1.61. The van der Waals surface area contributed by atoms with E-state index < -0.39 is 5.97 Å². The molecule has 0 amide bonds. The van der Waals surface area contributed by atoms with Crippen LogP contribution in [-0.2, 0) is 11.3 Å². The quantitative estimate of drug-likeness (QED) is 0.502. The van der Waals surface area contributed by atoms with Gasteiger partial charge in [-0.1, -0.05) is 12.1 Å². The second-order valence-corrected chi connectivity index (χ2v) is 7.32. The Hall–Kier alpha value is -3.06. The molecule has 136 valence electrons. The molecule has 0 aliphatic heterocycles. The van der Waals surface area contributed by atoms with Crippen molar-refractivity contribution in [1.82, 2.24) is 9.38 Å². The van der Waals surface area contributed by atoms with E-state index in [0.717, 1.165) is 5.56 Å². The number of carbonyl (C=O) groups is 1. The van der Waals surface area contributed by atoms with Gasteiger partial charge in [0.25, 0.3) is 5.56 Å². The van der Waals surface area contributed by atoms with Gasteiger partial charge in [0.1, 0.15) is 22.9 Å². The summed E-state index contributed by atoms with van der Waals surface area (Å²) < 4.78 is 21.5. The minimum absolute atomic E-state index is 0.130. The topological polar surface area (TPSA) is 60.7 Å². The number of hydrogen-bond donors (Lipinski definition) is 0. The Bertz CT molecular complexity index is 1260. The van der Waals surface area contributed by atoms with Crippen LogP contribution in [0.25, 0.3) is 15.7 Å². The summed E-state index contributed by atoms with van der Waals surface area (Å²) in [6.07, 6.45) is 1.70. The van der Waals surface area contributed by atoms with Crippen molar-refractivity contribution in [2.75, 3.05) is 0 Å². The summed E-state index contributed by atoms with van der Waals surface area (Å²) in [7, 11) is 0. The zero-order chi connectivity index (χ0) is 19.1. The molecule has 0 atom stereocenters. The van der Waals surface area contributed by atoms with E-state index in [1.165, 1.54) is 27.9 Å². The molecular weight excluding hydrogens is 367 g/mol. The Morgan fingerprint density at radius 2 is 2.07 bits per heavy atom. The van der Waals surface area contributed by atoms with Crippen LogP contribution in [0, 0.1) is 19.7 Å². The molecule has 0 fully saturated rings. The third-order valence-electron chi connectivity index (χ3n) is 4.30. The summed E-state index contributed by atoms with van der Waals surface area (Å²) >= 11 is 1.19. The van der Waals surface area contributed by atoms with Gasteiger partial charge in [-0.25, -0.2) is 14.2 Å². The predicted molar refractivity (Wildman–Crippen MR) is 102 cm³/mol. The molecule has 0 saturated carbocycles. The number of halogens is 1. The molecule has 4 rings (SSSR count). The molecule has 0 spiro atoms. The van der Waals surface area contributed by atoms with Crippen LogP contribution in [-0.4, -0.2) is 15.4 Å². The second-order valence-electron chi connectivity index (χ2n) is 6.27. The third kappa shape index (κ3) is 3.10. The first-order valence-electron chi connectivity index (χ1n) is 8.28. The molecule has 27 heavy (non-hydrogen) atoms. The second kappa shape index (κ2) is 6.59. The van der Waals surface area contributed by atoms with Gasteiger partial charge in [-0.3, -0.25) is 9.20 Å². The fraction of sp³-hybridized carbons (Fsp3) is 0.150. The average molecular weight is 382 g/mol.